The number of hydrogen-bond donors (Lipinski definition) is 1. The number of nitrogens with two attached hydrogens (primary N) is 1. The summed E-state index contributed by atoms with van der Waals surface area (Å²) >= 11 is 0. The second-order valence-corrected chi connectivity index (χ2v) is 4.38. The number of hydrogen-bond acceptors (Lipinski definition) is 2. The van der Waals surface area contributed by atoms with Crippen LogP contribution < -0.4 is 5.73 Å². The molecule has 84 valence electrons. The van der Waals surface area contributed by atoms with Crippen molar-refractivity contribution in [3.63, 3.8) is 0 Å². The lowest BCUT2D eigenvalue weighted by atomic mass is 9.91. The van der Waals surface area contributed by atoms with Gasteiger partial charge in [-0.25, -0.2) is 0 Å². The summed E-state index contributed by atoms with van der Waals surface area (Å²) in [5, 5.41) is 0. The van der Waals surface area contributed by atoms with Gasteiger partial charge in [0.25, 0.3) is 0 Å². The van der Waals surface area contributed by atoms with Gasteiger partial charge in [-0.1, -0.05) is 31.2 Å². The number of methoxy groups -OCH3 is 1. The fourth-order valence-electron chi connectivity index (χ4n) is 1.53. The number of rotatable bonds is 4. The molecule has 2 nitrogen and oxygen atoms in total. The molecule has 1 rings (SSSR count). The van der Waals surface area contributed by atoms with E-state index in [1.807, 2.05) is 13.8 Å². The van der Waals surface area contributed by atoms with Gasteiger partial charge >= 0.3 is 0 Å². The Morgan fingerprint density at radius 1 is 1.40 bits per heavy atom. The van der Waals surface area contributed by atoms with Crippen molar-refractivity contribution in [2.45, 2.75) is 38.8 Å². The first-order valence-electron chi connectivity index (χ1n) is 5.41. The molecule has 1 aromatic carbocycles. The Labute approximate surface area is 92.4 Å². The third kappa shape index (κ3) is 2.80. The molecule has 1 aromatic rings. The van der Waals surface area contributed by atoms with Crippen molar-refractivity contribution in [2.24, 2.45) is 5.73 Å². The maximum absolute atomic E-state index is 6.18. The Kier molecular flexibility index (Phi) is 3.89. The topological polar surface area (TPSA) is 35.2 Å². The standard InChI is InChI=1S/C13H21NO/c1-5-10-7-6-8-11(9-10)12(14)13(2,3)15-4/h6-9,12H,5,14H2,1-4H3. The van der Waals surface area contributed by atoms with Gasteiger partial charge in [-0.2, -0.15) is 0 Å². The molecular formula is C13H21NO. The smallest absolute Gasteiger partial charge is 0.0814 e. The normalized spacial score (nSPS) is 13.9. The summed E-state index contributed by atoms with van der Waals surface area (Å²) < 4.78 is 5.40. The monoisotopic (exact) mass is 207 g/mol. The molecule has 2 N–H and O–H groups in total. The molecule has 0 amide bonds. The van der Waals surface area contributed by atoms with Crippen LogP contribution in [0.25, 0.3) is 0 Å². The van der Waals surface area contributed by atoms with Crippen LogP contribution in [0.2, 0.25) is 0 Å². The van der Waals surface area contributed by atoms with E-state index in [0.29, 0.717) is 0 Å². The first kappa shape index (κ1) is 12.2. The van der Waals surface area contributed by atoms with E-state index in [4.69, 9.17) is 10.5 Å². The second kappa shape index (κ2) is 4.77. The molecule has 0 aliphatic heterocycles. The van der Waals surface area contributed by atoms with Crippen molar-refractivity contribution in [3.05, 3.63) is 35.4 Å². The van der Waals surface area contributed by atoms with Crippen molar-refractivity contribution in [3.8, 4) is 0 Å². The summed E-state index contributed by atoms with van der Waals surface area (Å²) in [6.45, 7) is 6.17. The average Bonchev–Trinajstić information content (AvgIpc) is 2.28. The van der Waals surface area contributed by atoms with Gasteiger partial charge in [-0.15, -0.1) is 0 Å². The van der Waals surface area contributed by atoms with Gasteiger partial charge in [0.1, 0.15) is 0 Å². The first-order chi connectivity index (χ1) is 7.01. The molecule has 0 saturated carbocycles. The van der Waals surface area contributed by atoms with Gasteiger partial charge in [0, 0.05) is 7.11 Å². The van der Waals surface area contributed by atoms with Gasteiger partial charge in [-0.3, -0.25) is 0 Å². The summed E-state index contributed by atoms with van der Waals surface area (Å²) in [7, 11) is 1.70. The van der Waals surface area contributed by atoms with Crippen LogP contribution in [-0.4, -0.2) is 12.7 Å². The minimum absolute atomic E-state index is 0.0889. The van der Waals surface area contributed by atoms with Crippen LogP contribution in [0.4, 0.5) is 0 Å². The zero-order chi connectivity index (χ0) is 11.5. The highest BCUT2D eigenvalue weighted by atomic mass is 16.5. The molecule has 0 aliphatic rings. The minimum Gasteiger partial charge on any atom is -0.377 e. The van der Waals surface area contributed by atoms with Crippen LogP contribution in [0.3, 0.4) is 0 Å². The predicted molar refractivity (Wildman–Crippen MR) is 63.8 cm³/mol. The van der Waals surface area contributed by atoms with Crippen LogP contribution in [-0.2, 0) is 11.2 Å². The highest BCUT2D eigenvalue weighted by Crippen LogP contribution is 2.26. The van der Waals surface area contributed by atoms with E-state index in [-0.39, 0.29) is 11.6 Å². The number of benzene rings is 1. The summed E-state index contributed by atoms with van der Waals surface area (Å²) in [5.74, 6) is 0. The van der Waals surface area contributed by atoms with Crippen molar-refractivity contribution >= 4 is 0 Å². The zero-order valence-electron chi connectivity index (χ0n) is 10.1. The van der Waals surface area contributed by atoms with E-state index in [1.165, 1.54) is 5.56 Å². The van der Waals surface area contributed by atoms with E-state index >= 15 is 0 Å². The average molecular weight is 207 g/mol. The lowest BCUT2D eigenvalue weighted by molar-refractivity contribution is -0.0000432. The third-order valence-electron chi connectivity index (χ3n) is 2.99. The third-order valence-corrected chi connectivity index (χ3v) is 2.99. The zero-order valence-corrected chi connectivity index (χ0v) is 10.1. The fraction of sp³-hybridized carbons (Fsp3) is 0.538. The Morgan fingerprint density at radius 3 is 2.60 bits per heavy atom. The van der Waals surface area contributed by atoms with E-state index < -0.39 is 0 Å². The van der Waals surface area contributed by atoms with Gasteiger partial charge in [0.15, 0.2) is 0 Å². The Hall–Kier alpha value is -0.860. The molecule has 15 heavy (non-hydrogen) atoms. The van der Waals surface area contributed by atoms with E-state index in [9.17, 15) is 0 Å². The fourth-order valence-corrected chi connectivity index (χ4v) is 1.53. The van der Waals surface area contributed by atoms with Crippen LogP contribution in [0.5, 0.6) is 0 Å². The molecule has 0 heterocycles. The summed E-state index contributed by atoms with van der Waals surface area (Å²) in [4.78, 5) is 0. The molecule has 0 aromatic heterocycles. The van der Waals surface area contributed by atoms with Crippen LogP contribution in [0, 0.1) is 0 Å². The maximum Gasteiger partial charge on any atom is 0.0814 e. The van der Waals surface area contributed by atoms with Crippen molar-refractivity contribution in [1.82, 2.24) is 0 Å². The van der Waals surface area contributed by atoms with E-state index in [1.54, 1.807) is 7.11 Å². The summed E-state index contributed by atoms with van der Waals surface area (Å²) in [6.07, 6.45) is 1.04. The summed E-state index contributed by atoms with van der Waals surface area (Å²) in [6, 6.07) is 8.31. The van der Waals surface area contributed by atoms with E-state index in [0.717, 1.165) is 12.0 Å². The van der Waals surface area contributed by atoms with Crippen LogP contribution in [0.1, 0.15) is 37.9 Å². The van der Waals surface area contributed by atoms with Gasteiger partial charge < -0.3 is 10.5 Å². The van der Waals surface area contributed by atoms with Crippen molar-refractivity contribution in [2.75, 3.05) is 7.11 Å². The molecule has 0 fully saturated rings. The summed E-state index contributed by atoms with van der Waals surface area (Å²) in [5.41, 5.74) is 8.31. The molecule has 2 heteroatoms. The molecular weight excluding hydrogens is 186 g/mol. The van der Waals surface area contributed by atoms with Crippen molar-refractivity contribution in [1.29, 1.82) is 0 Å². The molecule has 1 unspecified atom stereocenters. The SMILES string of the molecule is CCc1cccc(C(N)C(C)(C)OC)c1. The predicted octanol–water partition coefficient (Wildman–Crippen LogP) is 2.67. The highest BCUT2D eigenvalue weighted by Gasteiger charge is 2.27. The lowest BCUT2D eigenvalue weighted by Gasteiger charge is -2.30. The minimum atomic E-state index is -0.327. The molecule has 0 bridgehead atoms. The number of ether oxygens (including phenoxy) is 1. The van der Waals surface area contributed by atoms with Gasteiger partial charge in [-0.05, 0) is 31.4 Å². The second-order valence-electron chi connectivity index (χ2n) is 4.38. The molecule has 0 spiro atoms. The molecule has 0 radical (unpaired) electrons. The van der Waals surface area contributed by atoms with Gasteiger partial charge in [0.05, 0.1) is 11.6 Å². The van der Waals surface area contributed by atoms with Gasteiger partial charge in [0.2, 0.25) is 0 Å². The number of aryl methyl sites for hydroxylation is 1. The van der Waals surface area contributed by atoms with Crippen LogP contribution >= 0.6 is 0 Å². The Balaban J connectivity index is 2.95. The lowest BCUT2D eigenvalue weighted by Crippen LogP contribution is -2.37. The molecule has 0 aliphatic carbocycles. The maximum atomic E-state index is 6.18. The largest absolute Gasteiger partial charge is 0.377 e. The molecule has 0 saturated heterocycles. The van der Waals surface area contributed by atoms with Crippen molar-refractivity contribution < 1.29 is 4.74 Å². The Morgan fingerprint density at radius 2 is 2.07 bits per heavy atom. The first-order valence-corrected chi connectivity index (χ1v) is 5.41. The van der Waals surface area contributed by atoms with E-state index in [2.05, 4.69) is 31.2 Å². The van der Waals surface area contributed by atoms with Crippen LogP contribution in [0.15, 0.2) is 24.3 Å². The molecule has 1 atom stereocenters. The highest BCUT2D eigenvalue weighted by molar-refractivity contribution is 5.27. The Bertz CT molecular complexity index is 320. The quantitative estimate of drug-likeness (QED) is 0.823.